The van der Waals surface area contributed by atoms with Gasteiger partial charge >= 0.3 is 0 Å². The third-order valence-electron chi connectivity index (χ3n) is 3.33. The Morgan fingerprint density at radius 2 is 1.75 bits per heavy atom. The van der Waals surface area contributed by atoms with Gasteiger partial charge in [-0.3, -0.25) is 9.59 Å². The van der Waals surface area contributed by atoms with E-state index in [4.69, 9.17) is 11.6 Å². The van der Waals surface area contributed by atoms with Crippen molar-refractivity contribution in [3.8, 4) is 0 Å². The van der Waals surface area contributed by atoms with Crippen molar-refractivity contribution in [1.29, 1.82) is 0 Å². The summed E-state index contributed by atoms with van der Waals surface area (Å²) in [6.07, 6.45) is -0.177. The van der Waals surface area contributed by atoms with Gasteiger partial charge in [-0.15, -0.1) is 0 Å². The maximum absolute atomic E-state index is 12.2. The fourth-order valence-electron chi connectivity index (χ4n) is 2.02. The van der Waals surface area contributed by atoms with E-state index in [0.717, 1.165) is 0 Å². The Hall–Kier alpha value is -2.18. The Labute approximate surface area is 145 Å². The van der Waals surface area contributed by atoms with Gasteiger partial charge in [0.05, 0.1) is 10.6 Å². The summed E-state index contributed by atoms with van der Waals surface area (Å²) in [5.41, 5.74) is 1.04. The molecule has 2 rings (SSSR count). The summed E-state index contributed by atoms with van der Waals surface area (Å²) in [6, 6.07) is 12.3. The Morgan fingerprint density at radius 3 is 2.33 bits per heavy atom. The predicted octanol–water partition coefficient (Wildman–Crippen LogP) is 3.35. The maximum Gasteiger partial charge on any atom is 0.225 e. The molecule has 0 saturated heterocycles. The number of carbonyl (C=O) groups excluding carboxylic acids is 2. The number of anilines is 1. The first-order valence-electron chi connectivity index (χ1n) is 7.17. The number of halogens is 1. The summed E-state index contributed by atoms with van der Waals surface area (Å²) >= 11 is 5.79. The molecule has 0 atom stereocenters. The quantitative estimate of drug-likeness (QED) is 0.796. The van der Waals surface area contributed by atoms with Crippen LogP contribution in [0.4, 0.5) is 5.69 Å². The molecule has 0 fully saturated rings. The second kappa shape index (κ2) is 7.59. The molecule has 0 saturated carbocycles. The highest BCUT2D eigenvalue weighted by Crippen LogP contribution is 2.17. The van der Waals surface area contributed by atoms with Gasteiger partial charge in [-0.25, -0.2) is 8.42 Å². The van der Waals surface area contributed by atoms with Gasteiger partial charge in [0.25, 0.3) is 0 Å². The number of nitrogens with one attached hydrogen (secondary N) is 1. The summed E-state index contributed by atoms with van der Waals surface area (Å²) in [4.78, 5) is 23.2. The van der Waals surface area contributed by atoms with E-state index in [-0.39, 0.29) is 22.9 Å². The smallest absolute Gasteiger partial charge is 0.225 e. The van der Waals surface area contributed by atoms with Crippen LogP contribution in [0, 0.1) is 0 Å². The van der Waals surface area contributed by atoms with Crippen LogP contribution in [0.25, 0.3) is 0 Å². The molecule has 7 heteroatoms. The second-order valence-corrected chi connectivity index (χ2v) is 7.75. The van der Waals surface area contributed by atoms with Crippen LogP contribution in [0.2, 0.25) is 5.02 Å². The standard InChI is InChI=1S/C17H16ClNO4S/c1-12(20)13-5-7-15(8-6-13)19-17(21)9-10-24(22,23)16-4-2-3-14(18)11-16/h2-8,11H,9-10H2,1H3,(H,19,21). The van der Waals surface area contributed by atoms with E-state index >= 15 is 0 Å². The summed E-state index contributed by atoms with van der Waals surface area (Å²) in [5, 5.41) is 2.93. The van der Waals surface area contributed by atoms with Gasteiger partial charge < -0.3 is 5.32 Å². The molecule has 0 aliphatic rings. The van der Waals surface area contributed by atoms with Crippen molar-refractivity contribution >= 4 is 38.8 Å². The largest absolute Gasteiger partial charge is 0.326 e. The average Bonchev–Trinajstić information content (AvgIpc) is 2.53. The van der Waals surface area contributed by atoms with E-state index in [1.165, 1.54) is 19.1 Å². The molecule has 0 aliphatic carbocycles. The highest BCUT2D eigenvalue weighted by molar-refractivity contribution is 7.91. The van der Waals surface area contributed by atoms with E-state index in [1.807, 2.05) is 0 Å². The van der Waals surface area contributed by atoms with Crippen LogP contribution in [0.15, 0.2) is 53.4 Å². The van der Waals surface area contributed by atoms with Gasteiger partial charge in [0.2, 0.25) is 5.91 Å². The first-order valence-corrected chi connectivity index (χ1v) is 9.20. The second-order valence-electron chi connectivity index (χ2n) is 5.21. The Bertz CT molecular complexity index is 860. The number of hydrogen-bond acceptors (Lipinski definition) is 4. The van der Waals surface area contributed by atoms with E-state index in [9.17, 15) is 18.0 Å². The van der Waals surface area contributed by atoms with Crippen LogP contribution in [0.3, 0.4) is 0 Å². The Kier molecular flexibility index (Phi) is 5.75. The first-order chi connectivity index (χ1) is 11.3. The number of ketones is 1. The van der Waals surface area contributed by atoms with Crippen molar-refractivity contribution in [1.82, 2.24) is 0 Å². The molecular formula is C17H16ClNO4S. The van der Waals surface area contributed by atoms with Gasteiger partial charge in [0.15, 0.2) is 15.6 Å². The molecule has 1 N–H and O–H groups in total. The zero-order chi connectivity index (χ0) is 17.7. The summed E-state index contributed by atoms with van der Waals surface area (Å²) in [7, 11) is -3.58. The van der Waals surface area contributed by atoms with Crippen molar-refractivity contribution in [2.75, 3.05) is 11.1 Å². The molecule has 2 aromatic carbocycles. The van der Waals surface area contributed by atoms with Crippen molar-refractivity contribution in [2.24, 2.45) is 0 Å². The lowest BCUT2D eigenvalue weighted by Gasteiger charge is -2.07. The normalized spacial score (nSPS) is 11.1. The Balaban J connectivity index is 1.96. The van der Waals surface area contributed by atoms with E-state index in [1.54, 1.807) is 36.4 Å². The van der Waals surface area contributed by atoms with E-state index in [0.29, 0.717) is 16.3 Å². The van der Waals surface area contributed by atoms with Crippen LogP contribution >= 0.6 is 11.6 Å². The summed E-state index contributed by atoms with van der Waals surface area (Å²) < 4.78 is 24.4. The minimum Gasteiger partial charge on any atom is -0.326 e. The molecule has 24 heavy (non-hydrogen) atoms. The predicted molar refractivity (Wildman–Crippen MR) is 93.2 cm³/mol. The third kappa shape index (κ3) is 4.91. The minimum atomic E-state index is -3.58. The van der Waals surface area contributed by atoms with Gasteiger partial charge in [-0.05, 0) is 49.4 Å². The van der Waals surface area contributed by atoms with E-state index < -0.39 is 15.7 Å². The lowest BCUT2D eigenvalue weighted by atomic mass is 10.1. The topological polar surface area (TPSA) is 80.3 Å². The molecule has 0 aromatic heterocycles. The van der Waals surface area contributed by atoms with Crippen molar-refractivity contribution in [2.45, 2.75) is 18.2 Å². The SMILES string of the molecule is CC(=O)c1ccc(NC(=O)CCS(=O)(=O)c2cccc(Cl)c2)cc1. The van der Waals surface area contributed by atoms with Gasteiger partial charge in [0.1, 0.15) is 0 Å². The minimum absolute atomic E-state index is 0.0690. The molecule has 0 heterocycles. The number of carbonyl (C=O) groups is 2. The number of rotatable bonds is 6. The van der Waals surface area contributed by atoms with Crippen molar-refractivity contribution < 1.29 is 18.0 Å². The van der Waals surface area contributed by atoms with Crippen LogP contribution in [-0.2, 0) is 14.6 Å². The number of Topliss-reactive ketones (excluding diaryl/α,β-unsaturated/α-hetero) is 1. The van der Waals surface area contributed by atoms with Gasteiger partial charge in [-0.2, -0.15) is 0 Å². The highest BCUT2D eigenvalue weighted by atomic mass is 35.5. The zero-order valence-corrected chi connectivity index (χ0v) is 14.5. The lowest BCUT2D eigenvalue weighted by molar-refractivity contribution is -0.115. The summed E-state index contributed by atoms with van der Waals surface area (Å²) in [6.45, 7) is 1.45. The molecule has 0 spiro atoms. The number of amides is 1. The first kappa shape index (κ1) is 18.2. The van der Waals surface area contributed by atoms with E-state index in [2.05, 4.69) is 5.32 Å². The monoisotopic (exact) mass is 365 g/mol. The summed E-state index contributed by atoms with van der Waals surface area (Å²) in [5.74, 6) is -0.804. The molecule has 1 amide bonds. The lowest BCUT2D eigenvalue weighted by Crippen LogP contribution is -2.17. The van der Waals surface area contributed by atoms with Crippen molar-refractivity contribution in [3.05, 3.63) is 59.1 Å². The van der Waals surface area contributed by atoms with Crippen LogP contribution in [0.1, 0.15) is 23.7 Å². The number of benzene rings is 2. The fourth-order valence-corrected chi connectivity index (χ4v) is 3.55. The molecule has 5 nitrogen and oxygen atoms in total. The fraction of sp³-hybridized carbons (Fsp3) is 0.176. The van der Waals surface area contributed by atoms with Crippen LogP contribution < -0.4 is 5.32 Å². The van der Waals surface area contributed by atoms with Gasteiger partial charge in [-0.1, -0.05) is 17.7 Å². The van der Waals surface area contributed by atoms with Crippen LogP contribution in [0.5, 0.6) is 0 Å². The Morgan fingerprint density at radius 1 is 1.08 bits per heavy atom. The molecular weight excluding hydrogens is 350 g/mol. The maximum atomic E-state index is 12.2. The molecule has 0 unspecified atom stereocenters. The van der Waals surface area contributed by atoms with Gasteiger partial charge in [0, 0.05) is 22.7 Å². The zero-order valence-electron chi connectivity index (χ0n) is 13.0. The number of hydrogen-bond donors (Lipinski definition) is 1. The van der Waals surface area contributed by atoms with Crippen molar-refractivity contribution in [3.63, 3.8) is 0 Å². The average molecular weight is 366 g/mol. The molecule has 0 aliphatic heterocycles. The molecule has 0 bridgehead atoms. The van der Waals surface area contributed by atoms with Crippen LogP contribution in [-0.4, -0.2) is 25.9 Å². The highest BCUT2D eigenvalue weighted by Gasteiger charge is 2.17. The molecule has 0 radical (unpaired) electrons. The molecule has 126 valence electrons. The number of sulfone groups is 1. The third-order valence-corrected chi connectivity index (χ3v) is 5.28. The molecule has 2 aromatic rings.